The summed E-state index contributed by atoms with van der Waals surface area (Å²) in [6.07, 6.45) is 2.53. The number of ketones is 1. The predicted molar refractivity (Wildman–Crippen MR) is 105 cm³/mol. The van der Waals surface area contributed by atoms with Gasteiger partial charge in [0.1, 0.15) is 5.76 Å². The van der Waals surface area contributed by atoms with Crippen LogP contribution in [0.15, 0.2) is 63.0 Å². The van der Waals surface area contributed by atoms with E-state index < -0.39 is 12.0 Å². The third-order valence-electron chi connectivity index (χ3n) is 5.45. The highest BCUT2D eigenvalue weighted by atomic mass is 16.6. The average molecular weight is 406 g/mol. The molecule has 0 bridgehead atoms. The van der Waals surface area contributed by atoms with Crippen LogP contribution in [0.3, 0.4) is 0 Å². The lowest BCUT2D eigenvalue weighted by Crippen LogP contribution is -2.27. The number of furan rings is 1. The second-order valence-corrected chi connectivity index (χ2v) is 7.21. The molecule has 1 aromatic carbocycles. The highest BCUT2D eigenvalue weighted by Gasteiger charge is 2.38. The van der Waals surface area contributed by atoms with E-state index >= 15 is 0 Å². The topological polar surface area (TPSA) is 119 Å². The summed E-state index contributed by atoms with van der Waals surface area (Å²) in [5.41, 5.74) is 2.59. The molecule has 1 aliphatic heterocycles. The molecule has 2 aliphatic rings. The molecule has 2 N–H and O–H groups in total. The van der Waals surface area contributed by atoms with E-state index in [1.165, 1.54) is 7.11 Å². The Bertz CT molecular complexity index is 1130. The minimum atomic E-state index is -0.475. The van der Waals surface area contributed by atoms with Crippen molar-refractivity contribution in [3.8, 4) is 0 Å². The fourth-order valence-electron chi connectivity index (χ4n) is 4.01. The lowest BCUT2D eigenvalue weighted by Gasteiger charge is -2.28. The molecule has 0 radical (unpaired) electrons. The van der Waals surface area contributed by atoms with E-state index in [4.69, 9.17) is 13.8 Å². The molecular weight excluding hydrogens is 388 g/mol. The number of carbonyl (C=O) groups excluding carboxylic acids is 2. The van der Waals surface area contributed by atoms with Crippen LogP contribution in [0.1, 0.15) is 46.5 Å². The van der Waals surface area contributed by atoms with Crippen molar-refractivity contribution in [1.82, 2.24) is 10.3 Å². The summed E-state index contributed by atoms with van der Waals surface area (Å²) in [4.78, 5) is 25.0. The van der Waals surface area contributed by atoms with Gasteiger partial charge < -0.3 is 19.8 Å². The van der Waals surface area contributed by atoms with Gasteiger partial charge in [-0.1, -0.05) is 12.1 Å². The van der Waals surface area contributed by atoms with Crippen LogP contribution in [0.4, 0.5) is 11.6 Å². The maximum absolute atomic E-state index is 13.2. The van der Waals surface area contributed by atoms with Crippen molar-refractivity contribution in [2.75, 3.05) is 17.7 Å². The van der Waals surface area contributed by atoms with Crippen molar-refractivity contribution in [3.63, 3.8) is 0 Å². The molecule has 0 spiro atoms. The van der Waals surface area contributed by atoms with Crippen molar-refractivity contribution in [3.05, 3.63) is 70.8 Å². The van der Waals surface area contributed by atoms with Crippen molar-refractivity contribution in [1.29, 1.82) is 0 Å². The largest absolute Gasteiger partial charge is 0.469 e. The number of benzene rings is 1. The van der Waals surface area contributed by atoms with E-state index in [1.807, 2.05) is 12.1 Å². The Labute approximate surface area is 171 Å². The quantitative estimate of drug-likeness (QED) is 0.630. The van der Waals surface area contributed by atoms with E-state index in [2.05, 4.69) is 20.9 Å². The highest BCUT2D eigenvalue weighted by Crippen LogP contribution is 2.43. The summed E-state index contributed by atoms with van der Waals surface area (Å²) in [6.45, 7) is 0. The molecule has 0 saturated carbocycles. The Kier molecular flexibility index (Phi) is 4.35. The molecule has 0 saturated heterocycles. The number of hydrogen-bond acceptors (Lipinski definition) is 9. The minimum Gasteiger partial charge on any atom is -0.469 e. The second-order valence-electron chi connectivity index (χ2n) is 7.21. The number of rotatable bonds is 3. The number of hydrogen-bond donors (Lipinski definition) is 2. The van der Waals surface area contributed by atoms with Crippen LogP contribution in [-0.4, -0.2) is 29.2 Å². The summed E-state index contributed by atoms with van der Waals surface area (Å²) in [5, 5.41) is 14.3. The zero-order valence-electron chi connectivity index (χ0n) is 16.0. The number of methoxy groups -OCH3 is 1. The van der Waals surface area contributed by atoms with Gasteiger partial charge in [-0.05, 0) is 46.6 Å². The molecule has 0 fully saturated rings. The Hall–Kier alpha value is -3.88. The zero-order chi connectivity index (χ0) is 20.7. The molecule has 1 aliphatic carbocycles. The van der Waals surface area contributed by atoms with Crippen LogP contribution in [-0.2, 0) is 9.53 Å². The molecule has 9 nitrogen and oxygen atoms in total. The number of ether oxygens (including phenoxy) is 1. The molecule has 3 aromatic rings. The average Bonchev–Trinajstić information content (AvgIpc) is 3.42. The van der Waals surface area contributed by atoms with E-state index in [1.54, 1.807) is 30.5 Å². The number of carbonyl (C=O) groups is 2. The Balaban J connectivity index is 1.56. The lowest BCUT2D eigenvalue weighted by molar-refractivity contribution is -0.116. The first kappa shape index (κ1) is 18.2. The van der Waals surface area contributed by atoms with Crippen LogP contribution in [0.2, 0.25) is 0 Å². The van der Waals surface area contributed by atoms with Gasteiger partial charge in [0.15, 0.2) is 5.78 Å². The highest BCUT2D eigenvalue weighted by molar-refractivity contribution is 6.00. The van der Waals surface area contributed by atoms with E-state index in [-0.39, 0.29) is 11.7 Å². The number of anilines is 2. The monoisotopic (exact) mass is 406 g/mol. The molecule has 3 heterocycles. The molecule has 5 rings (SSSR count). The van der Waals surface area contributed by atoms with Gasteiger partial charge in [-0.3, -0.25) is 4.79 Å². The first-order valence-corrected chi connectivity index (χ1v) is 9.48. The van der Waals surface area contributed by atoms with Crippen LogP contribution in [0, 0.1) is 0 Å². The Morgan fingerprint density at radius 3 is 2.67 bits per heavy atom. The van der Waals surface area contributed by atoms with Gasteiger partial charge in [-0.25, -0.2) is 9.42 Å². The van der Waals surface area contributed by atoms with Crippen LogP contribution in [0.25, 0.3) is 0 Å². The SMILES string of the molecule is COC(=O)c1ccc([C@@H]2Nc3nonc3NC3=C2C(=O)C[C@@H](c2ccco2)C3)cc1. The maximum Gasteiger partial charge on any atom is 0.337 e. The number of esters is 1. The van der Waals surface area contributed by atoms with E-state index in [0.29, 0.717) is 35.6 Å². The third kappa shape index (κ3) is 3.04. The van der Waals surface area contributed by atoms with Gasteiger partial charge in [0.05, 0.1) is 25.0 Å². The Morgan fingerprint density at radius 1 is 1.13 bits per heavy atom. The van der Waals surface area contributed by atoms with Gasteiger partial charge in [-0.15, -0.1) is 0 Å². The summed E-state index contributed by atoms with van der Waals surface area (Å²) in [7, 11) is 1.33. The van der Waals surface area contributed by atoms with Crippen molar-refractivity contribution < 1.29 is 23.4 Å². The van der Waals surface area contributed by atoms with Crippen molar-refractivity contribution in [2.24, 2.45) is 0 Å². The summed E-state index contributed by atoms with van der Waals surface area (Å²) in [6, 6.07) is 10.1. The predicted octanol–water partition coefficient (Wildman–Crippen LogP) is 3.43. The van der Waals surface area contributed by atoms with E-state index in [0.717, 1.165) is 17.0 Å². The second kappa shape index (κ2) is 7.18. The van der Waals surface area contributed by atoms with Crippen LogP contribution >= 0.6 is 0 Å². The number of aromatic nitrogens is 2. The van der Waals surface area contributed by atoms with Gasteiger partial charge in [0.2, 0.25) is 11.6 Å². The van der Waals surface area contributed by atoms with Gasteiger partial charge in [0.25, 0.3) is 0 Å². The van der Waals surface area contributed by atoms with Crippen molar-refractivity contribution >= 4 is 23.4 Å². The summed E-state index contributed by atoms with van der Waals surface area (Å²) >= 11 is 0. The fourth-order valence-corrected chi connectivity index (χ4v) is 4.01. The maximum atomic E-state index is 13.2. The van der Waals surface area contributed by atoms with Gasteiger partial charge >= 0.3 is 5.97 Å². The van der Waals surface area contributed by atoms with Crippen LogP contribution in [0.5, 0.6) is 0 Å². The molecule has 0 unspecified atom stereocenters. The van der Waals surface area contributed by atoms with Gasteiger partial charge in [0, 0.05) is 23.6 Å². The smallest absolute Gasteiger partial charge is 0.337 e. The normalized spacial score (nSPS) is 20.5. The van der Waals surface area contributed by atoms with Gasteiger partial charge in [-0.2, -0.15) is 0 Å². The number of fused-ring (bicyclic) bond motifs is 1. The zero-order valence-corrected chi connectivity index (χ0v) is 16.0. The van der Waals surface area contributed by atoms with Crippen molar-refractivity contribution in [2.45, 2.75) is 24.8 Å². The molecule has 152 valence electrons. The number of nitrogens with one attached hydrogen (secondary N) is 2. The Morgan fingerprint density at radius 2 is 1.93 bits per heavy atom. The number of Topliss-reactive ketones (excluding diaryl/α,β-unsaturated/α-hetero) is 1. The fraction of sp³-hybridized carbons (Fsp3) is 0.238. The molecule has 9 heteroatoms. The first-order chi connectivity index (χ1) is 14.6. The molecule has 0 amide bonds. The molecule has 2 atom stereocenters. The third-order valence-corrected chi connectivity index (χ3v) is 5.45. The number of nitrogens with zero attached hydrogens (tertiary/aromatic N) is 2. The standard InChI is InChI=1S/C21H18N4O5/c1-28-21(27)12-6-4-11(5-7-12)18-17-14(22-19-20(23-18)25-30-24-19)9-13(10-15(17)26)16-3-2-8-29-16/h2-8,13,18H,9-10H2,1H3,(H,22,24)(H,23,25)/t13-,18-/m0/s1. The van der Waals surface area contributed by atoms with E-state index in [9.17, 15) is 9.59 Å². The molecular formula is C21H18N4O5. The molecule has 2 aromatic heterocycles. The minimum absolute atomic E-state index is 0.00165. The summed E-state index contributed by atoms with van der Waals surface area (Å²) in [5.74, 6) is 1.11. The van der Waals surface area contributed by atoms with Crippen LogP contribution < -0.4 is 10.6 Å². The number of allylic oxidation sites excluding steroid dienone is 1. The summed E-state index contributed by atoms with van der Waals surface area (Å²) < 4.78 is 15.2. The first-order valence-electron chi connectivity index (χ1n) is 9.48. The molecule has 30 heavy (non-hydrogen) atoms. The lowest BCUT2D eigenvalue weighted by atomic mass is 9.80.